The first-order valence-electron chi connectivity index (χ1n) is 11.2. The van der Waals surface area contributed by atoms with E-state index in [9.17, 15) is 9.59 Å². The molecule has 1 unspecified atom stereocenters. The Kier molecular flexibility index (Phi) is 7.13. The highest BCUT2D eigenvalue weighted by atomic mass is 16.5. The van der Waals surface area contributed by atoms with E-state index < -0.39 is 5.91 Å². The molecule has 0 saturated carbocycles. The van der Waals surface area contributed by atoms with E-state index in [0.717, 1.165) is 35.5 Å². The average molecular weight is 460 g/mol. The third-order valence-electron chi connectivity index (χ3n) is 5.61. The summed E-state index contributed by atoms with van der Waals surface area (Å²) in [5.74, 6) is 0.328. The maximum absolute atomic E-state index is 12.8. The molecule has 0 aliphatic rings. The number of nitrogens with one attached hydrogen (secondary N) is 1. The Morgan fingerprint density at radius 3 is 2.71 bits per heavy atom. The number of ether oxygens (including phenoxy) is 1. The summed E-state index contributed by atoms with van der Waals surface area (Å²) in [6.07, 6.45) is 4.73. The smallest absolute Gasteiger partial charge is 0.256 e. The Morgan fingerprint density at radius 2 is 1.91 bits per heavy atom. The molecule has 0 aliphatic heterocycles. The number of carbonyl (C=O) groups excluding carboxylic acids is 1. The summed E-state index contributed by atoms with van der Waals surface area (Å²) < 4.78 is 12.9. The van der Waals surface area contributed by atoms with Gasteiger partial charge in [-0.2, -0.15) is 0 Å². The number of aryl methyl sites for hydroxylation is 1. The molecule has 2 aromatic heterocycles. The van der Waals surface area contributed by atoms with E-state index in [2.05, 4.69) is 23.3 Å². The monoisotopic (exact) mass is 459 g/mol. The van der Waals surface area contributed by atoms with Gasteiger partial charge in [-0.05, 0) is 49.9 Å². The van der Waals surface area contributed by atoms with Crippen molar-refractivity contribution in [1.29, 1.82) is 0 Å². The fourth-order valence-electron chi connectivity index (χ4n) is 3.99. The molecule has 2 heterocycles. The number of hydrogen-bond acceptors (Lipinski definition) is 5. The van der Waals surface area contributed by atoms with Crippen molar-refractivity contribution in [1.82, 2.24) is 14.8 Å². The Labute approximate surface area is 198 Å². The van der Waals surface area contributed by atoms with Crippen molar-refractivity contribution in [2.45, 2.75) is 26.1 Å². The normalized spacial score (nSPS) is 12.1. The molecule has 0 radical (unpaired) electrons. The van der Waals surface area contributed by atoms with Gasteiger partial charge in [0.2, 0.25) is 5.43 Å². The van der Waals surface area contributed by atoms with E-state index in [0.29, 0.717) is 5.39 Å². The number of pyridine rings is 1. The van der Waals surface area contributed by atoms with Crippen LogP contribution in [0.5, 0.6) is 5.75 Å². The predicted molar refractivity (Wildman–Crippen MR) is 132 cm³/mol. The number of fused-ring (bicyclic) bond motifs is 1. The van der Waals surface area contributed by atoms with Gasteiger partial charge in [-0.3, -0.25) is 14.5 Å². The van der Waals surface area contributed by atoms with Crippen LogP contribution in [-0.2, 0) is 20.1 Å². The maximum atomic E-state index is 12.8. The molecule has 0 fully saturated rings. The fourth-order valence-corrected chi connectivity index (χ4v) is 3.99. The fraction of sp³-hybridized carbons (Fsp3) is 0.259. The summed E-state index contributed by atoms with van der Waals surface area (Å²) in [6, 6.07) is 17.1. The number of hydrogen-bond donors (Lipinski definition) is 1. The van der Waals surface area contributed by atoms with Gasteiger partial charge in [0.15, 0.2) is 0 Å². The highest BCUT2D eigenvalue weighted by Crippen LogP contribution is 2.17. The second kappa shape index (κ2) is 10.4. The van der Waals surface area contributed by atoms with Gasteiger partial charge < -0.3 is 19.0 Å². The Bertz CT molecular complexity index is 1330. The summed E-state index contributed by atoms with van der Waals surface area (Å²) in [7, 11) is 3.87. The Balaban J connectivity index is 1.34. The minimum absolute atomic E-state index is 0.121. The lowest BCUT2D eigenvalue weighted by Gasteiger charge is -2.18. The second-order valence-corrected chi connectivity index (χ2v) is 8.59. The number of nitrogens with zero attached hydrogens (tertiary/aromatic N) is 2. The molecule has 7 nitrogen and oxygen atoms in total. The molecule has 0 aliphatic carbocycles. The number of carbonyl (C=O) groups is 1. The SMILES string of the molecule is CC(CNC(=O)c1cn(C)c2ccccc2c1=O)Oc1cccc(CN(C)Cc2ccoc2)c1. The van der Waals surface area contributed by atoms with E-state index in [-0.39, 0.29) is 23.6 Å². The van der Waals surface area contributed by atoms with Crippen molar-refractivity contribution in [3.8, 4) is 5.75 Å². The minimum Gasteiger partial charge on any atom is -0.489 e. The van der Waals surface area contributed by atoms with Crippen LogP contribution in [0, 0.1) is 0 Å². The first kappa shape index (κ1) is 23.3. The van der Waals surface area contributed by atoms with Gasteiger partial charge in [0.25, 0.3) is 5.91 Å². The molecular weight excluding hydrogens is 430 g/mol. The number of rotatable bonds is 9. The highest BCUT2D eigenvalue weighted by Gasteiger charge is 2.15. The van der Waals surface area contributed by atoms with Crippen molar-refractivity contribution in [2.24, 2.45) is 7.05 Å². The summed E-state index contributed by atoms with van der Waals surface area (Å²) in [4.78, 5) is 27.7. The van der Waals surface area contributed by atoms with Crippen LogP contribution in [-0.4, -0.2) is 35.1 Å². The molecule has 176 valence electrons. The zero-order chi connectivity index (χ0) is 24.1. The molecular formula is C27H29N3O4. The van der Waals surface area contributed by atoms with E-state index in [1.165, 1.54) is 0 Å². The lowest BCUT2D eigenvalue weighted by molar-refractivity contribution is 0.0930. The minimum atomic E-state index is -0.406. The topological polar surface area (TPSA) is 76.7 Å². The van der Waals surface area contributed by atoms with Crippen LogP contribution in [0.3, 0.4) is 0 Å². The molecule has 2 aromatic carbocycles. The van der Waals surface area contributed by atoms with Gasteiger partial charge in [-0.25, -0.2) is 0 Å². The quantitative estimate of drug-likeness (QED) is 0.410. The van der Waals surface area contributed by atoms with E-state index in [4.69, 9.17) is 9.15 Å². The molecule has 34 heavy (non-hydrogen) atoms. The number of furan rings is 1. The molecule has 7 heteroatoms. The molecule has 1 amide bonds. The molecule has 4 aromatic rings. The van der Waals surface area contributed by atoms with Crippen molar-refractivity contribution >= 4 is 16.8 Å². The summed E-state index contributed by atoms with van der Waals surface area (Å²) in [6.45, 7) is 3.72. The molecule has 0 bridgehead atoms. The van der Waals surface area contributed by atoms with E-state index in [1.54, 1.807) is 35.4 Å². The van der Waals surface area contributed by atoms with Crippen LogP contribution in [0.15, 0.2) is 82.5 Å². The van der Waals surface area contributed by atoms with Gasteiger partial charge in [-0.15, -0.1) is 0 Å². The van der Waals surface area contributed by atoms with Gasteiger partial charge in [0.05, 0.1) is 24.6 Å². The lowest BCUT2D eigenvalue weighted by Crippen LogP contribution is -2.36. The average Bonchev–Trinajstić information content (AvgIpc) is 3.33. The molecule has 0 saturated heterocycles. The molecule has 1 N–H and O–H groups in total. The van der Waals surface area contributed by atoms with Crippen LogP contribution < -0.4 is 15.5 Å². The largest absolute Gasteiger partial charge is 0.489 e. The molecule has 0 spiro atoms. The first-order valence-corrected chi connectivity index (χ1v) is 11.2. The highest BCUT2D eigenvalue weighted by molar-refractivity contribution is 5.97. The number of aromatic nitrogens is 1. The number of amides is 1. The van der Waals surface area contributed by atoms with Crippen molar-refractivity contribution in [3.05, 3.63) is 100 Å². The van der Waals surface area contributed by atoms with Crippen LogP contribution in [0.4, 0.5) is 0 Å². The van der Waals surface area contributed by atoms with Crippen LogP contribution in [0.25, 0.3) is 10.9 Å². The zero-order valence-electron chi connectivity index (χ0n) is 19.7. The van der Waals surface area contributed by atoms with Crippen LogP contribution >= 0.6 is 0 Å². The first-order chi connectivity index (χ1) is 16.4. The lowest BCUT2D eigenvalue weighted by atomic mass is 10.1. The second-order valence-electron chi connectivity index (χ2n) is 8.59. The Morgan fingerprint density at radius 1 is 1.12 bits per heavy atom. The predicted octanol–water partition coefficient (Wildman–Crippen LogP) is 3.96. The summed E-state index contributed by atoms with van der Waals surface area (Å²) in [5.41, 5.74) is 2.89. The van der Waals surface area contributed by atoms with Gasteiger partial charge in [0.1, 0.15) is 17.4 Å². The van der Waals surface area contributed by atoms with Gasteiger partial charge in [-0.1, -0.05) is 24.3 Å². The zero-order valence-corrected chi connectivity index (χ0v) is 19.7. The standard InChI is InChI=1S/C27H29N3O4/c1-19(14-28-27(32)24-17-30(3)25-10-5-4-9-23(25)26(24)31)34-22-8-6-7-20(13-22)15-29(2)16-21-11-12-33-18-21/h4-13,17-19H,14-16H2,1-3H3,(H,28,32). The summed E-state index contributed by atoms with van der Waals surface area (Å²) >= 11 is 0. The van der Waals surface area contributed by atoms with Crippen molar-refractivity contribution in [3.63, 3.8) is 0 Å². The van der Waals surface area contributed by atoms with Crippen LogP contribution in [0.2, 0.25) is 0 Å². The third-order valence-corrected chi connectivity index (χ3v) is 5.61. The molecule has 1 atom stereocenters. The summed E-state index contributed by atoms with van der Waals surface area (Å²) in [5, 5.41) is 3.35. The maximum Gasteiger partial charge on any atom is 0.256 e. The van der Waals surface area contributed by atoms with Crippen molar-refractivity contribution < 1.29 is 13.9 Å². The third kappa shape index (κ3) is 5.55. The van der Waals surface area contributed by atoms with E-state index in [1.807, 2.05) is 50.4 Å². The van der Waals surface area contributed by atoms with Gasteiger partial charge in [0, 0.05) is 37.3 Å². The van der Waals surface area contributed by atoms with Crippen molar-refractivity contribution in [2.75, 3.05) is 13.6 Å². The molecule has 4 rings (SSSR count). The number of benzene rings is 2. The Hall–Kier alpha value is -3.84. The van der Waals surface area contributed by atoms with Gasteiger partial charge >= 0.3 is 0 Å². The van der Waals surface area contributed by atoms with Crippen LogP contribution in [0.1, 0.15) is 28.4 Å². The van der Waals surface area contributed by atoms with E-state index >= 15 is 0 Å². The number of para-hydroxylation sites is 1.